The maximum atomic E-state index is 13.4. The number of hydrogen-bond donors (Lipinski definition) is 1. The van der Waals surface area contributed by atoms with Crippen LogP contribution in [0.25, 0.3) is 11.3 Å². The van der Waals surface area contributed by atoms with Crippen molar-refractivity contribution in [3.8, 4) is 17.0 Å². The van der Waals surface area contributed by atoms with Crippen molar-refractivity contribution in [3.05, 3.63) is 76.3 Å². The fraction of sp³-hybridized carbons (Fsp3) is 0.150. The van der Waals surface area contributed by atoms with Crippen LogP contribution in [-0.2, 0) is 19.3 Å². The van der Waals surface area contributed by atoms with Gasteiger partial charge in [-0.25, -0.2) is 9.78 Å². The van der Waals surface area contributed by atoms with Gasteiger partial charge in [0.25, 0.3) is 0 Å². The van der Waals surface area contributed by atoms with Crippen LogP contribution in [-0.4, -0.2) is 25.8 Å². The van der Waals surface area contributed by atoms with Crippen LogP contribution in [0.2, 0.25) is 0 Å². The topological polar surface area (TPSA) is 90.4 Å². The van der Waals surface area contributed by atoms with E-state index in [1.807, 2.05) is 0 Å². The average molecular weight is 449 g/mol. The highest BCUT2D eigenvalue weighted by Crippen LogP contribution is 2.36. The lowest BCUT2D eigenvalue weighted by Gasteiger charge is -2.12. The molecule has 0 spiro atoms. The Hall–Kier alpha value is -3.60. The van der Waals surface area contributed by atoms with Gasteiger partial charge in [0.15, 0.2) is 0 Å². The number of ether oxygens (including phenoxy) is 1. The average Bonchev–Trinajstić information content (AvgIpc) is 3.48. The van der Waals surface area contributed by atoms with Gasteiger partial charge in [-0.15, -0.1) is 11.3 Å². The third-order valence-corrected chi connectivity index (χ3v) is 5.05. The van der Waals surface area contributed by atoms with Crippen molar-refractivity contribution in [2.45, 2.75) is 19.3 Å². The van der Waals surface area contributed by atoms with Gasteiger partial charge in [0.1, 0.15) is 23.1 Å². The molecular formula is C20H14F3N3O4S. The molecule has 0 atom stereocenters. The van der Waals surface area contributed by atoms with E-state index in [-0.39, 0.29) is 30.0 Å². The molecule has 0 saturated heterocycles. The maximum absolute atomic E-state index is 13.4. The summed E-state index contributed by atoms with van der Waals surface area (Å²) in [7, 11) is 0. The Labute approximate surface area is 177 Å². The number of alkyl halides is 3. The van der Waals surface area contributed by atoms with Gasteiger partial charge in [-0.05, 0) is 30.3 Å². The molecule has 0 aliphatic carbocycles. The molecule has 1 N–H and O–H groups in total. The van der Waals surface area contributed by atoms with E-state index in [9.17, 15) is 18.0 Å². The first kappa shape index (κ1) is 20.7. The molecular weight excluding hydrogens is 435 g/mol. The number of aromatic carboxylic acids is 1. The number of nitrogens with zero attached hydrogens (tertiary/aromatic N) is 3. The zero-order chi connectivity index (χ0) is 22.0. The lowest BCUT2D eigenvalue weighted by Crippen LogP contribution is -2.06. The molecule has 11 heteroatoms. The summed E-state index contributed by atoms with van der Waals surface area (Å²) in [4.78, 5) is 15.3. The van der Waals surface area contributed by atoms with E-state index in [0.717, 1.165) is 12.1 Å². The molecule has 4 aromatic rings. The summed E-state index contributed by atoms with van der Waals surface area (Å²) < 4.78 is 52.2. The summed E-state index contributed by atoms with van der Waals surface area (Å²) in [5.41, 5.74) is -0.224. The molecule has 1 aromatic carbocycles. The Morgan fingerprint density at radius 3 is 2.81 bits per heavy atom. The van der Waals surface area contributed by atoms with E-state index >= 15 is 0 Å². The van der Waals surface area contributed by atoms with Gasteiger partial charge in [0.05, 0.1) is 35.8 Å². The smallest absolute Gasteiger partial charge is 0.416 e. The lowest BCUT2D eigenvalue weighted by molar-refractivity contribution is -0.137. The number of benzene rings is 1. The van der Waals surface area contributed by atoms with Gasteiger partial charge in [0.2, 0.25) is 0 Å². The molecule has 4 rings (SSSR count). The maximum Gasteiger partial charge on any atom is 0.416 e. The number of aromatic nitrogens is 3. The summed E-state index contributed by atoms with van der Waals surface area (Å²) in [6, 6.07) is 6.73. The molecule has 0 bridgehead atoms. The van der Waals surface area contributed by atoms with Crippen LogP contribution >= 0.6 is 11.3 Å². The van der Waals surface area contributed by atoms with Crippen molar-refractivity contribution in [2.75, 3.05) is 0 Å². The normalized spacial score (nSPS) is 11.6. The van der Waals surface area contributed by atoms with E-state index in [1.54, 1.807) is 17.5 Å². The number of rotatable bonds is 7. The highest BCUT2D eigenvalue weighted by Gasteiger charge is 2.32. The van der Waals surface area contributed by atoms with Gasteiger partial charge in [-0.3, -0.25) is 4.68 Å². The number of furan rings is 1. The minimum atomic E-state index is -4.56. The van der Waals surface area contributed by atoms with Crippen molar-refractivity contribution in [1.82, 2.24) is 14.8 Å². The van der Waals surface area contributed by atoms with Crippen LogP contribution in [0.15, 0.2) is 58.8 Å². The molecule has 0 unspecified atom stereocenters. The first-order valence-corrected chi connectivity index (χ1v) is 9.74. The predicted octanol–water partition coefficient (Wildman–Crippen LogP) is 4.94. The Morgan fingerprint density at radius 1 is 1.29 bits per heavy atom. The van der Waals surface area contributed by atoms with Gasteiger partial charge in [-0.1, -0.05) is 0 Å². The van der Waals surface area contributed by atoms with Crippen molar-refractivity contribution in [2.24, 2.45) is 0 Å². The van der Waals surface area contributed by atoms with Crippen molar-refractivity contribution < 1.29 is 32.2 Å². The summed E-state index contributed by atoms with van der Waals surface area (Å²) in [5, 5.41) is 15.1. The molecule has 0 aliphatic heterocycles. The minimum Gasteiger partial charge on any atom is -0.486 e. The van der Waals surface area contributed by atoms with Gasteiger partial charge < -0.3 is 14.3 Å². The second-order valence-corrected chi connectivity index (χ2v) is 7.41. The Balaban J connectivity index is 1.58. The quantitative estimate of drug-likeness (QED) is 0.430. The number of carboxylic acids is 1. The van der Waals surface area contributed by atoms with Gasteiger partial charge >= 0.3 is 12.1 Å². The first-order chi connectivity index (χ1) is 14.8. The Morgan fingerprint density at radius 2 is 2.13 bits per heavy atom. The molecule has 160 valence electrons. The summed E-state index contributed by atoms with van der Waals surface area (Å²) in [6.07, 6.45) is -0.535. The highest BCUT2D eigenvalue weighted by molar-refractivity contribution is 7.09. The fourth-order valence-corrected chi connectivity index (χ4v) is 3.55. The largest absolute Gasteiger partial charge is 0.486 e. The van der Waals surface area contributed by atoms with Crippen molar-refractivity contribution >= 4 is 17.3 Å². The molecule has 0 saturated carbocycles. The molecule has 31 heavy (non-hydrogen) atoms. The molecule has 3 heterocycles. The van der Waals surface area contributed by atoms with Crippen LogP contribution in [0.3, 0.4) is 0 Å². The molecule has 3 aromatic heterocycles. The number of thiazole rings is 1. The fourth-order valence-electron chi connectivity index (χ4n) is 2.76. The first-order valence-electron chi connectivity index (χ1n) is 8.86. The highest BCUT2D eigenvalue weighted by atomic mass is 32.1. The van der Waals surface area contributed by atoms with Crippen molar-refractivity contribution in [3.63, 3.8) is 0 Å². The second-order valence-electron chi connectivity index (χ2n) is 6.47. The van der Waals surface area contributed by atoms with E-state index in [1.165, 1.54) is 40.7 Å². The van der Waals surface area contributed by atoms with E-state index in [2.05, 4.69) is 10.1 Å². The number of carbonyl (C=O) groups is 1. The van der Waals surface area contributed by atoms with Gasteiger partial charge in [-0.2, -0.15) is 18.3 Å². The number of carboxylic acid groups (broad SMARTS) is 1. The third-order valence-electron chi connectivity index (χ3n) is 4.22. The number of hydrogen-bond acceptors (Lipinski definition) is 6. The molecule has 0 aliphatic rings. The number of halogens is 3. The lowest BCUT2D eigenvalue weighted by atomic mass is 10.1. The van der Waals surface area contributed by atoms with E-state index in [4.69, 9.17) is 14.3 Å². The van der Waals surface area contributed by atoms with E-state index in [0.29, 0.717) is 16.5 Å². The van der Waals surface area contributed by atoms with Crippen LogP contribution in [0.1, 0.15) is 26.7 Å². The van der Waals surface area contributed by atoms with Gasteiger partial charge in [0, 0.05) is 17.1 Å². The molecule has 0 amide bonds. The molecule has 7 nitrogen and oxygen atoms in total. The molecule has 0 fully saturated rings. The monoisotopic (exact) mass is 449 g/mol. The summed E-state index contributed by atoms with van der Waals surface area (Å²) in [6.45, 7) is 0.181. The van der Waals surface area contributed by atoms with Crippen LogP contribution in [0.4, 0.5) is 13.2 Å². The van der Waals surface area contributed by atoms with Crippen LogP contribution in [0.5, 0.6) is 5.75 Å². The molecule has 0 radical (unpaired) electrons. The zero-order valence-electron chi connectivity index (χ0n) is 15.7. The minimum absolute atomic E-state index is 0.0126. The predicted molar refractivity (Wildman–Crippen MR) is 104 cm³/mol. The summed E-state index contributed by atoms with van der Waals surface area (Å²) in [5.74, 6) is -0.582. The summed E-state index contributed by atoms with van der Waals surface area (Å²) >= 11 is 1.23. The van der Waals surface area contributed by atoms with Crippen LogP contribution in [0, 0.1) is 0 Å². The SMILES string of the molecule is O=C(O)c1cnn(Cc2nc(-c3cc(OCc4ccco4)cc(C(F)(F)F)c3)cs2)c1. The Bertz CT molecular complexity index is 1200. The van der Waals surface area contributed by atoms with Crippen molar-refractivity contribution in [1.29, 1.82) is 0 Å². The van der Waals surface area contributed by atoms with E-state index < -0.39 is 17.7 Å². The van der Waals surface area contributed by atoms with Crippen LogP contribution < -0.4 is 4.74 Å². The Kier molecular flexibility index (Phi) is 5.51. The standard InChI is InChI=1S/C20H14F3N3O4S/c21-20(22,23)14-4-12(5-16(6-14)30-10-15-2-1-3-29-15)17-11-31-18(25-17)9-26-8-13(7-24-26)19(27)28/h1-8,11H,9-10H2,(H,27,28). The third kappa shape index (κ3) is 4.94. The second kappa shape index (κ2) is 8.26. The zero-order valence-corrected chi connectivity index (χ0v) is 16.5.